The number of ketones is 1. The minimum absolute atomic E-state index is 0.0347. The van der Waals surface area contributed by atoms with Gasteiger partial charge in [0.1, 0.15) is 0 Å². The van der Waals surface area contributed by atoms with Crippen LogP contribution in [0.3, 0.4) is 0 Å². The highest BCUT2D eigenvalue weighted by molar-refractivity contribution is 9.10. The maximum Gasteiger partial charge on any atom is 0.280 e. The van der Waals surface area contributed by atoms with Crippen molar-refractivity contribution in [2.24, 2.45) is 0 Å². The van der Waals surface area contributed by atoms with Gasteiger partial charge in [-0.3, -0.25) is 14.9 Å². The third-order valence-corrected chi connectivity index (χ3v) is 2.99. The Hall–Kier alpha value is -0.940. The van der Waals surface area contributed by atoms with E-state index in [9.17, 15) is 14.9 Å². The summed E-state index contributed by atoms with van der Waals surface area (Å²) in [6.45, 7) is 1.71. The molecule has 0 bridgehead atoms. The first-order valence-electron chi connectivity index (χ1n) is 4.01. The highest BCUT2D eigenvalue weighted by atomic mass is 79.9. The zero-order chi connectivity index (χ0) is 11.6. The smallest absolute Gasteiger partial charge is 0.280 e. The number of rotatable bonds is 3. The molecule has 0 aliphatic carbocycles. The SMILES string of the molecule is Cc1cc([N+](=O)[O-])c(C(=O)CCl)cc1Br. The molecule has 0 aliphatic heterocycles. The Morgan fingerprint density at radius 2 is 2.20 bits per heavy atom. The summed E-state index contributed by atoms with van der Waals surface area (Å²) in [5.74, 6) is -0.722. The Bertz CT molecular complexity index is 434. The first-order valence-corrected chi connectivity index (χ1v) is 5.33. The largest absolute Gasteiger partial charge is 0.293 e. The first-order chi connectivity index (χ1) is 6.97. The van der Waals surface area contributed by atoms with Gasteiger partial charge in [0.2, 0.25) is 0 Å². The van der Waals surface area contributed by atoms with E-state index in [4.69, 9.17) is 11.6 Å². The third kappa shape index (κ3) is 2.54. The number of nitrogens with zero attached hydrogens (tertiary/aromatic N) is 1. The summed E-state index contributed by atoms with van der Waals surface area (Å²) >= 11 is 8.58. The van der Waals surface area contributed by atoms with Crippen LogP contribution >= 0.6 is 27.5 Å². The van der Waals surface area contributed by atoms with Crippen LogP contribution < -0.4 is 0 Å². The fourth-order valence-corrected chi connectivity index (χ4v) is 1.60. The van der Waals surface area contributed by atoms with E-state index in [-0.39, 0.29) is 17.1 Å². The van der Waals surface area contributed by atoms with Gasteiger partial charge in [-0.15, -0.1) is 11.6 Å². The van der Waals surface area contributed by atoms with Crippen LogP contribution in [-0.4, -0.2) is 16.6 Å². The van der Waals surface area contributed by atoms with Crippen LogP contribution in [0.25, 0.3) is 0 Å². The lowest BCUT2D eigenvalue weighted by Crippen LogP contribution is -2.05. The van der Waals surface area contributed by atoms with Gasteiger partial charge in [0.25, 0.3) is 5.69 Å². The third-order valence-electron chi connectivity index (χ3n) is 1.90. The van der Waals surface area contributed by atoms with Crippen LogP contribution in [0.2, 0.25) is 0 Å². The molecule has 1 rings (SSSR count). The van der Waals surface area contributed by atoms with E-state index in [1.807, 2.05) is 0 Å². The molecule has 4 nitrogen and oxygen atoms in total. The summed E-state index contributed by atoms with van der Waals surface area (Å²) < 4.78 is 0.654. The predicted molar refractivity (Wildman–Crippen MR) is 60.6 cm³/mol. The van der Waals surface area contributed by atoms with Crippen molar-refractivity contribution >= 4 is 39.0 Å². The van der Waals surface area contributed by atoms with Gasteiger partial charge in [-0.2, -0.15) is 0 Å². The number of hydrogen-bond acceptors (Lipinski definition) is 3. The molecule has 0 saturated heterocycles. The first kappa shape index (κ1) is 12.1. The second-order valence-corrected chi connectivity index (χ2v) is 4.05. The van der Waals surface area contributed by atoms with Crippen LogP contribution in [0.1, 0.15) is 15.9 Å². The summed E-state index contributed by atoms with van der Waals surface area (Å²) in [6, 6.07) is 2.78. The second-order valence-electron chi connectivity index (χ2n) is 2.93. The van der Waals surface area contributed by atoms with Gasteiger partial charge in [0, 0.05) is 10.5 Å². The molecule has 0 spiro atoms. The van der Waals surface area contributed by atoms with Crippen molar-refractivity contribution in [3.63, 3.8) is 0 Å². The standard InChI is InChI=1S/C9H7BrClNO3/c1-5-2-8(12(14)15)6(3-7(5)10)9(13)4-11/h2-3H,4H2,1H3. The number of nitro groups is 1. The molecule has 0 aliphatic rings. The van der Waals surface area contributed by atoms with Crippen molar-refractivity contribution in [1.82, 2.24) is 0 Å². The molecule has 80 valence electrons. The van der Waals surface area contributed by atoms with Crippen molar-refractivity contribution in [3.05, 3.63) is 37.8 Å². The molecule has 0 atom stereocenters. The number of alkyl halides is 1. The maximum atomic E-state index is 11.3. The summed E-state index contributed by atoms with van der Waals surface area (Å²) in [6.07, 6.45) is 0. The Morgan fingerprint density at radius 3 is 2.67 bits per heavy atom. The number of carbonyl (C=O) groups is 1. The molecule has 0 fully saturated rings. The van der Waals surface area contributed by atoms with Gasteiger partial charge in [-0.05, 0) is 18.6 Å². The van der Waals surface area contributed by atoms with E-state index in [0.29, 0.717) is 10.0 Å². The Balaban J connectivity index is 3.41. The molecule has 1 aromatic carbocycles. The number of hydrogen-bond donors (Lipinski definition) is 0. The Morgan fingerprint density at radius 1 is 1.60 bits per heavy atom. The normalized spacial score (nSPS) is 10.1. The van der Waals surface area contributed by atoms with Crippen LogP contribution in [0.4, 0.5) is 5.69 Å². The lowest BCUT2D eigenvalue weighted by molar-refractivity contribution is -0.385. The second kappa shape index (κ2) is 4.72. The van der Waals surface area contributed by atoms with Crippen LogP contribution in [0, 0.1) is 17.0 Å². The number of Topliss-reactive ketones (excluding diaryl/α,β-unsaturated/α-hetero) is 1. The van der Waals surface area contributed by atoms with Crippen molar-refractivity contribution in [3.8, 4) is 0 Å². The van der Waals surface area contributed by atoms with E-state index in [1.165, 1.54) is 12.1 Å². The van der Waals surface area contributed by atoms with E-state index in [2.05, 4.69) is 15.9 Å². The van der Waals surface area contributed by atoms with Crippen LogP contribution in [-0.2, 0) is 0 Å². The summed E-state index contributed by atoms with van der Waals surface area (Å²) in [7, 11) is 0. The lowest BCUT2D eigenvalue weighted by Gasteiger charge is -2.03. The molecule has 0 amide bonds. The van der Waals surface area contributed by atoms with E-state index in [0.717, 1.165) is 0 Å². The van der Waals surface area contributed by atoms with Gasteiger partial charge in [0.15, 0.2) is 5.78 Å². The average molecular weight is 293 g/mol. The van der Waals surface area contributed by atoms with Crippen LogP contribution in [0.15, 0.2) is 16.6 Å². The van der Waals surface area contributed by atoms with Crippen molar-refractivity contribution in [2.45, 2.75) is 6.92 Å². The van der Waals surface area contributed by atoms with E-state index >= 15 is 0 Å². The van der Waals surface area contributed by atoms with Crippen LogP contribution in [0.5, 0.6) is 0 Å². The molecule has 0 radical (unpaired) electrons. The van der Waals surface area contributed by atoms with Gasteiger partial charge in [-0.25, -0.2) is 0 Å². The molecule has 15 heavy (non-hydrogen) atoms. The fraction of sp³-hybridized carbons (Fsp3) is 0.222. The number of halogens is 2. The predicted octanol–water partition coefficient (Wildman–Crippen LogP) is 3.09. The topological polar surface area (TPSA) is 60.2 Å². The number of nitro benzene ring substituents is 1. The summed E-state index contributed by atoms with van der Waals surface area (Å²) in [5.41, 5.74) is 0.529. The lowest BCUT2D eigenvalue weighted by atomic mass is 10.1. The van der Waals surface area contributed by atoms with Crippen molar-refractivity contribution in [2.75, 3.05) is 5.88 Å². The molecule has 0 N–H and O–H groups in total. The molecule has 0 saturated carbocycles. The average Bonchev–Trinajstić information content (AvgIpc) is 2.20. The fourth-order valence-electron chi connectivity index (χ4n) is 1.11. The van der Waals surface area contributed by atoms with Gasteiger partial charge >= 0.3 is 0 Å². The molecule has 0 unspecified atom stereocenters. The quantitative estimate of drug-likeness (QED) is 0.372. The molecule has 6 heteroatoms. The van der Waals surface area contributed by atoms with Gasteiger partial charge in [-0.1, -0.05) is 15.9 Å². The van der Waals surface area contributed by atoms with Gasteiger partial charge < -0.3 is 0 Å². The number of aryl methyl sites for hydroxylation is 1. The highest BCUT2D eigenvalue weighted by Gasteiger charge is 2.20. The van der Waals surface area contributed by atoms with Crippen molar-refractivity contribution < 1.29 is 9.72 Å². The molecule has 0 heterocycles. The zero-order valence-corrected chi connectivity index (χ0v) is 10.1. The Labute approximate surface area is 99.5 Å². The zero-order valence-electron chi connectivity index (χ0n) is 7.79. The summed E-state index contributed by atoms with van der Waals surface area (Å²) in [5, 5.41) is 10.7. The van der Waals surface area contributed by atoms with E-state index in [1.54, 1.807) is 6.92 Å². The minimum atomic E-state index is -0.584. The summed E-state index contributed by atoms with van der Waals surface area (Å²) in [4.78, 5) is 21.5. The molecular formula is C9H7BrClNO3. The maximum absolute atomic E-state index is 11.3. The molecule has 0 aromatic heterocycles. The van der Waals surface area contributed by atoms with E-state index < -0.39 is 10.7 Å². The Kier molecular flexibility index (Phi) is 3.82. The monoisotopic (exact) mass is 291 g/mol. The minimum Gasteiger partial charge on any atom is -0.293 e. The number of carbonyl (C=O) groups excluding carboxylic acids is 1. The number of benzene rings is 1. The highest BCUT2D eigenvalue weighted by Crippen LogP contribution is 2.27. The van der Waals surface area contributed by atoms with Gasteiger partial charge in [0.05, 0.1) is 16.4 Å². The molecule has 1 aromatic rings. The molecular weight excluding hydrogens is 285 g/mol. The van der Waals surface area contributed by atoms with Crippen molar-refractivity contribution in [1.29, 1.82) is 0 Å².